The van der Waals surface area contributed by atoms with Gasteiger partial charge in [-0.25, -0.2) is 0 Å². The van der Waals surface area contributed by atoms with E-state index >= 15 is 0 Å². The number of carbonyl (C=O) groups excluding carboxylic acids is 3. The fraction of sp³-hybridized carbons (Fsp3) is 0.714. The van der Waals surface area contributed by atoms with Crippen molar-refractivity contribution in [1.29, 1.82) is 0 Å². The van der Waals surface area contributed by atoms with Gasteiger partial charge in [-0.1, -0.05) is 26.2 Å². The summed E-state index contributed by atoms with van der Waals surface area (Å²) in [7, 11) is 0. The molecule has 0 saturated heterocycles. The maximum atomic E-state index is 10.2. The Morgan fingerprint density at radius 3 is 1.10 bits per heavy atom. The van der Waals surface area contributed by atoms with E-state index in [1.54, 1.807) is 0 Å². The normalized spacial score (nSPS) is 9.50. The summed E-state index contributed by atoms with van der Waals surface area (Å²) in [5.74, 6) is 0. The molecule has 0 aliphatic heterocycles. The molecule has 0 fully saturated rings. The number of hydrogen-bond donors (Lipinski definition) is 0. The van der Waals surface area contributed by atoms with Crippen molar-refractivity contribution in [3.05, 3.63) is 0 Å². The number of unbranched alkanes of at least 4 members (excludes halogenated alkanes) is 3. The zero-order valence-electron chi connectivity index (χ0n) is 18.0. The Balaban J connectivity index is -0.000000512. The Bertz CT molecular complexity index is 322. The van der Waals surface area contributed by atoms with E-state index in [0.717, 1.165) is 6.42 Å². The van der Waals surface area contributed by atoms with Crippen molar-refractivity contribution < 1.29 is 76.1 Å². The van der Waals surface area contributed by atoms with Crippen molar-refractivity contribution in [3.63, 3.8) is 0 Å². The summed E-state index contributed by atoms with van der Waals surface area (Å²) < 4.78 is 17.1. The van der Waals surface area contributed by atoms with Crippen molar-refractivity contribution in [2.45, 2.75) is 51.9 Å². The van der Waals surface area contributed by atoms with Gasteiger partial charge in [-0.2, -0.15) is 19.3 Å². The van der Waals surface area contributed by atoms with E-state index in [4.69, 9.17) is 14.2 Å². The van der Waals surface area contributed by atoms with Gasteiger partial charge >= 0.3 is 63.7 Å². The fourth-order valence-electron chi connectivity index (χ4n) is 2.04. The molecule has 176 valence electrons. The van der Waals surface area contributed by atoms with Gasteiger partial charge < -0.3 is 28.6 Å². The van der Waals surface area contributed by atoms with E-state index in [0.29, 0.717) is 78.2 Å². The van der Waals surface area contributed by atoms with Gasteiger partial charge in [-0.15, -0.1) is 0 Å². The third-order valence-corrected chi connectivity index (χ3v) is 3.68. The molecule has 0 unspecified atom stereocenters. The van der Waals surface area contributed by atoms with Crippen LogP contribution in [0.4, 0.5) is 0 Å². The minimum atomic E-state index is -0.277. The van der Waals surface area contributed by atoms with Gasteiger partial charge in [0.15, 0.2) is 0 Å². The fourth-order valence-corrected chi connectivity index (χ4v) is 2.04. The third kappa shape index (κ3) is 28.1. The first-order valence-electron chi connectivity index (χ1n) is 9.39. The molecule has 0 bridgehead atoms. The van der Waals surface area contributed by atoms with Crippen molar-refractivity contribution in [1.82, 2.24) is 0 Å². The molecule has 0 aromatic rings. The summed E-state index contributed by atoms with van der Waals surface area (Å²) >= 11 is 7.12. The SMILES string of the molecule is CCC(COCCC[C-]=O)(COCCC[C-]=O)COCCC[C-]=O.[CH2]=[Cr].[CH2]=[Cr].[CH2]=[Cr]. The molecule has 0 aromatic carbocycles. The molecule has 0 aliphatic carbocycles. The van der Waals surface area contributed by atoms with Crippen LogP contribution in [0.1, 0.15) is 51.9 Å². The summed E-state index contributed by atoms with van der Waals surface area (Å²) in [4.78, 5) is 30.6. The first-order chi connectivity index (χ1) is 14.7. The molecule has 6 nitrogen and oxygen atoms in total. The molecule has 0 N–H and O–H groups in total. The molecule has 0 aliphatic rings. The van der Waals surface area contributed by atoms with E-state index in [1.165, 1.54) is 0 Å². The molecule has 0 rings (SSSR count). The predicted molar refractivity (Wildman–Crippen MR) is 111 cm³/mol. The van der Waals surface area contributed by atoms with Crippen LogP contribution < -0.4 is 0 Å². The van der Waals surface area contributed by atoms with Crippen LogP contribution >= 0.6 is 0 Å². The van der Waals surface area contributed by atoms with Gasteiger partial charge in [0.1, 0.15) is 0 Å². The number of hydrogen-bond acceptors (Lipinski definition) is 6. The Kier molecular flexibility index (Phi) is 45.5. The van der Waals surface area contributed by atoms with Crippen LogP contribution in [0.25, 0.3) is 0 Å². The van der Waals surface area contributed by atoms with Crippen LogP contribution in [0.15, 0.2) is 0 Å². The van der Waals surface area contributed by atoms with Crippen molar-refractivity contribution in [2.24, 2.45) is 5.41 Å². The molecule has 0 spiro atoms. The number of rotatable bonds is 19. The van der Waals surface area contributed by atoms with Crippen LogP contribution in [0, 0.1) is 5.41 Å². The van der Waals surface area contributed by atoms with E-state index in [1.807, 2.05) is 25.8 Å². The standard InChI is InChI=1S/C18H29O6.3CH2.3Cr/c1-2-18(15-22-12-6-3-9-19,16-23-13-7-4-10-20)17-24-14-8-5-11-21;;;;;;/h2-8,12-17H2,1H3;3*1H2;;;/q-3;;;;;;. The zero-order valence-corrected chi connectivity index (χ0v) is 21.8. The average Bonchev–Trinajstić information content (AvgIpc) is 2.82. The van der Waals surface area contributed by atoms with Crippen molar-refractivity contribution >= 4 is 35.0 Å². The molecule has 30 heavy (non-hydrogen) atoms. The van der Waals surface area contributed by atoms with Crippen LogP contribution in [0.2, 0.25) is 0 Å². The zero-order chi connectivity index (χ0) is 23.9. The summed E-state index contributed by atoms with van der Waals surface area (Å²) in [5, 5.41) is 9.38. The van der Waals surface area contributed by atoms with Gasteiger partial charge in [0.05, 0.1) is 19.8 Å². The van der Waals surface area contributed by atoms with Gasteiger partial charge in [0.2, 0.25) is 0 Å². The van der Waals surface area contributed by atoms with Crippen LogP contribution in [0.3, 0.4) is 0 Å². The first kappa shape index (κ1) is 37.4. The molecular formula is C21H35Cr3O6-3. The van der Waals surface area contributed by atoms with E-state index < -0.39 is 0 Å². The summed E-state index contributed by atoms with van der Waals surface area (Å²) in [6, 6.07) is 0. The maximum absolute atomic E-state index is 10.2. The van der Waals surface area contributed by atoms with E-state index in [2.05, 4.69) is 63.7 Å². The third-order valence-electron chi connectivity index (χ3n) is 3.68. The quantitative estimate of drug-likeness (QED) is 0.185. The van der Waals surface area contributed by atoms with Gasteiger partial charge in [-0.05, 0) is 6.42 Å². The molecule has 0 aromatic heterocycles. The van der Waals surface area contributed by atoms with E-state index in [-0.39, 0.29) is 5.41 Å². The average molecular weight is 539 g/mol. The molecule has 0 amide bonds. The topological polar surface area (TPSA) is 78.9 Å². The second-order valence-corrected chi connectivity index (χ2v) is 5.75. The minimum absolute atomic E-state index is 0.277. The predicted octanol–water partition coefficient (Wildman–Crippen LogP) is 2.00. The van der Waals surface area contributed by atoms with Gasteiger partial charge in [0, 0.05) is 25.2 Å². The van der Waals surface area contributed by atoms with Crippen LogP contribution in [-0.2, 0) is 76.1 Å². The molecule has 0 saturated carbocycles. The van der Waals surface area contributed by atoms with Crippen LogP contribution in [-0.4, -0.2) is 74.7 Å². The summed E-state index contributed by atoms with van der Waals surface area (Å²) in [6.07, 6.45) is 9.41. The second-order valence-electron chi connectivity index (χ2n) is 5.75. The number of ether oxygens (including phenoxy) is 3. The van der Waals surface area contributed by atoms with E-state index in [9.17, 15) is 14.4 Å². The molecule has 0 radical (unpaired) electrons. The van der Waals surface area contributed by atoms with Crippen molar-refractivity contribution in [2.75, 3.05) is 39.6 Å². The Morgan fingerprint density at radius 2 is 0.900 bits per heavy atom. The van der Waals surface area contributed by atoms with Crippen LogP contribution in [0.5, 0.6) is 0 Å². The summed E-state index contributed by atoms with van der Waals surface area (Å²) in [6.45, 7) is 4.96. The first-order valence-corrected chi connectivity index (χ1v) is 12.1. The van der Waals surface area contributed by atoms with Gasteiger partial charge in [0.25, 0.3) is 0 Å². The van der Waals surface area contributed by atoms with Crippen molar-refractivity contribution in [3.8, 4) is 0 Å². The monoisotopic (exact) mass is 539 g/mol. The summed E-state index contributed by atoms with van der Waals surface area (Å²) in [5.41, 5.74) is -0.277. The second kappa shape index (κ2) is 36.5. The van der Waals surface area contributed by atoms with Gasteiger partial charge in [-0.3, -0.25) is 18.9 Å². The molecule has 0 heterocycles. The molecule has 0 atom stereocenters. The Labute approximate surface area is 207 Å². The molecular weight excluding hydrogens is 504 g/mol. The Morgan fingerprint density at radius 1 is 0.633 bits per heavy atom. The molecule has 9 heteroatoms. The Hall–Kier alpha value is 0.0974.